The first-order valence-electron chi connectivity index (χ1n) is 4.77. The Balaban J connectivity index is 1.63. The number of hydrogen-bond donors (Lipinski definition) is 0. The number of aliphatic imine (C=N–C) groups is 2. The SMILES string of the molecule is C(CC1=NCCO1)CC1=NCCO1. The Labute approximate surface area is 77.7 Å². The van der Waals surface area contributed by atoms with Gasteiger partial charge in [-0.1, -0.05) is 0 Å². The van der Waals surface area contributed by atoms with Gasteiger partial charge in [0.05, 0.1) is 13.1 Å². The van der Waals surface area contributed by atoms with E-state index >= 15 is 0 Å². The molecule has 0 aromatic carbocycles. The van der Waals surface area contributed by atoms with Crippen LogP contribution in [0.2, 0.25) is 0 Å². The molecule has 0 saturated carbocycles. The second-order valence-corrected chi connectivity index (χ2v) is 3.10. The Bertz CT molecular complexity index is 212. The molecule has 0 spiro atoms. The van der Waals surface area contributed by atoms with Crippen LogP contribution in [0.4, 0.5) is 0 Å². The van der Waals surface area contributed by atoms with Crippen molar-refractivity contribution in [2.45, 2.75) is 19.3 Å². The highest BCUT2D eigenvalue weighted by Gasteiger charge is 2.10. The van der Waals surface area contributed by atoms with E-state index in [9.17, 15) is 0 Å². The van der Waals surface area contributed by atoms with Crippen molar-refractivity contribution < 1.29 is 9.47 Å². The van der Waals surface area contributed by atoms with Crippen LogP contribution >= 0.6 is 0 Å². The molecule has 0 saturated heterocycles. The maximum absolute atomic E-state index is 5.29. The summed E-state index contributed by atoms with van der Waals surface area (Å²) in [5.41, 5.74) is 0. The second kappa shape index (κ2) is 4.25. The van der Waals surface area contributed by atoms with E-state index in [2.05, 4.69) is 9.98 Å². The van der Waals surface area contributed by atoms with Gasteiger partial charge in [0.25, 0.3) is 0 Å². The summed E-state index contributed by atoms with van der Waals surface area (Å²) in [6, 6.07) is 0. The zero-order chi connectivity index (χ0) is 8.93. The molecular weight excluding hydrogens is 168 g/mol. The Morgan fingerprint density at radius 2 is 1.46 bits per heavy atom. The lowest BCUT2D eigenvalue weighted by Gasteiger charge is -2.01. The van der Waals surface area contributed by atoms with Crippen molar-refractivity contribution in [3.8, 4) is 0 Å². The van der Waals surface area contributed by atoms with E-state index in [-0.39, 0.29) is 0 Å². The van der Waals surface area contributed by atoms with Crippen LogP contribution in [0.5, 0.6) is 0 Å². The first-order valence-corrected chi connectivity index (χ1v) is 4.77. The third-order valence-electron chi connectivity index (χ3n) is 2.08. The standard InChI is InChI=1S/C9H14N2O2/c1(2-8-10-4-6-12-8)3-9-11-5-7-13-9/h1-7H2. The highest BCUT2D eigenvalue weighted by Crippen LogP contribution is 2.07. The molecule has 4 nitrogen and oxygen atoms in total. The van der Waals surface area contributed by atoms with E-state index in [0.29, 0.717) is 0 Å². The van der Waals surface area contributed by atoms with Gasteiger partial charge < -0.3 is 9.47 Å². The van der Waals surface area contributed by atoms with Crippen molar-refractivity contribution in [1.82, 2.24) is 0 Å². The fourth-order valence-corrected chi connectivity index (χ4v) is 1.45. The molecule has 0 aromatic rings. The first kappa shape index (κ1) is 8.53. The maximum Gasteiger partial charge on any atom is 0.183 e. The van der Waals surface area contributed by atoms with E-state index < -0.39 is 0 Å². The van der Waals surface area contributed by atoms with Crippen LogP contribution in [-0.2, 0) is 9.47 Å². The molecule has 2 heterocycles. The van der Waals surface area contributed by atoms with Gasteiger partial charge >= 0.3 is 0 Å². The molecule has 2 aliphatic heterocycles. The van der Waals surface area contributed by atoms with E-state index in [1.54, 1.807) is 0 Å². The molecule has 0 bridgehead atoms. The smallest absolute Gasteiger partial charge is 0.183 e. The monoisotopic (exact) mass is 182 g/mol. The van der Waals surface area contributed by atoms with Gasteiger partial charge in [-0.15, -0.1) is 0 Å². The van der Waals surface area contributed by atoms with Crippen LogP contribution < -0.4 is 0 Å². The van der Waals surface area contributed by atoms with Gasteiger partial charge in [0.2, 0.25) is 0 Å². The molecule has 2 rings (SSSR count). The Hall–Kier alpha value is -1.06. The molecule has 0 unspecified atom stereocenters. The lowest BCUT2D eigenvalue weighted by Crippen LogP contribution is -2.02. The van der Waals surface area contributed by atoms with Gasteiger partial charge in [-0.25, -0.2) is 0 Å². The largest absolute Gasteiger partial charge is 0.479 e. The number of ether oxygens (including phenoxy) is 2. The molecule has 13 heavy (non-hydrogen) atoms. The minimum atomic E-state index is 0.757. The zero-order valence-electron chi connectivity index (χ0n) is 7.66. The predicted octanol–water partition coefficient (Wildman–Crippen LogP) is 1.01. The third-order valence-corrected chi connectivity index (χ3v) is 2.08. The summed E-state index contributed by atoms with van der Waals surface area (Å²) in [7, 11) is 0. The molecule has 0 radical (unpaired) electrons. The van der Waals surface area contributed by atoms with E-state index in [1.165, 1.54) is 0 Å². The highest BCUT2D eigenvalue weighted by molar-refractivity contribution is 5.80. The zero-order valence-corrected chi connectivity index (χ0v) is 7.66. The summed E-state index contributed by atoms with van der Waals surface area (Å²) < 4.78 is 10.6. The maximum atomic E-state index is 5.29. The predicted molar refractivity (Wildman–Crippen MR) is 50.4 cm³/mol. The molecule has 0 aromatic heterocycles. The topological polar surface area (TPSA) is 43.2 Å². The molecule has 0 atom stereocenters. The van der Waals surface area contributed by atoms with Crippen LogP contribution in [0.1, 0.15) is 19.3 Å². The van der Waals surface area contributed by atoms with Gasteiger partial charge in [0, 0.05) is 12.8 Å². The molecular formula is C9H14N2O2. The van der Waals surface area contributed by atoms with E-state index in [4.69, 9.17) is 9.47 Å². The number of rotatable bonds is 4. The van der Waals surface area contributed by atoms with E-state index in [1.807, 2.05) is 0 Å². The lowest BCUT2D eigenvalue weighted by atomic mass is 10.2. The van der Waals surface area contributed by atoms with Gasteiger partial charge in [0.1, 0.15) is 13.2 Å². The molecule has 72 valence electrons. The Kier molecular flexibility index (Phi) is 2.79. The third kappa shape index (κ3) is 2.44. The van der Waals surface area contributed by atoms with Crippen molar-refractivity contribution in [3.05, 3.63) is 0 Å². The van der Waals surface area contributed by atoms with Crippen molar-refractivity contribution >= 4 is 11.8 Å². The average molecular weight is 182 g/mol. The van der Waals surface area contributed by atoms with Crippen molar-refractivity contribution in [3.63, 3.8) is 0 Å². The summed E-state index contributed by atoms with van der Waals surface area (Å²) >= 11 is 0. The van der Waals surface area contributed by atoms with Crippen LogP contribution in [-0.4, -0.2) is 38.1 Å². The summed E-state index contributed by atoms with van der Waals surface area (Å²) in [5, 5.41) is 0. The average Bonchev–Trinajstić information content (AvgIpc) is 2.75. The van der Waals surface area contributed by atoms with Gasteiger partial charge in [0.15, 0.2) is 11.8 Å². The van der Waals surface area contributed by atoms with Crippen LogP contribution in [0.3, 0.4) is 0 Å². The second-order valence-electron chi connectivity index (χ2n) is 3.10. The van der Waals surface area contributed by atoms with Gasteiger partial charge in [-0.2, -0.15) is 0 Å². The normalized spacial score (nSPS) is 20.6. The summed E-state index contributed by atoms with van der Waals surface area (Å²) in [4.78, 5) is 8.43. The molecule has 0 aliphatic carbocycles. The Morgan fingerprint density at radius 3 is 1.85 bits per heavy atom. The summed E-state index contributed by atoms with van der Waals surface area (Å²) in [6.45, 7) is 3.17. The van der Waals surface area contributed by atoms with Crippen LogP contribution in [0.15, 0.2) is 9.98 Å². The lowest BCUT2D eigenvalue weighted by molar-refractivity contribution is 0.330. The summed E-state index contributed by atoms with van der Waals surface area (Å²) in [5.74, 6) is 1.80. The summed E-state index contributed by atoms with van der Waals surface area (Å²) in [6.07, 6.45) is 2.86. The quantitative estimate of drug-likeness (QED) is 0.651. The fraction of sp³-hybridized carbons (Fsp3) is 0.778. The van der Waals surface area contributed by atoms with Crippen LogP contribution in [0, 0.1) is 0 Å². The minimum Gasteiger partial charge on any atom is -0.479 e. The molecule has 0 amide bonds. The van der Waals surface area contributed by atoms with Crippen LogP contribution in [0.25, 0.3) is 0 Å². The van der Waals surface area contributed by atoms with Crippen molar-refractivity contribution in [2.24, 2.45) is 9.98 Å². The minimum absolute atomic E-state index is 0.757. The molecule has 2 aliphatic rings. The number of nitrogens with zero attached hydrogens (tertiary/aromatic N) is 2. The molecule has 0 N–H and O–H groups in total. The van der Waals surface area contributed by atoms with Crippen molar-refractivity contribution in [1.29, 1.82) is 0 Å². The highest BCUT2D eigenvalue weighted by atomic mass is 16.5. The van der Waals surface area contributed by atoms with E-state index in [0.717, 1.165) is 57.4 Å². The molecule has 0 fully saturated rings. The Morgan fingerprint density at radius 1 is 0.923 bits per heavy atom. The molecule has 4 heteroatoms. The first-order chi connectivity index (χ1) is 6.45. The van der Waals surface area contributed by atoms with Gasteiger partial charge in [-0.05, 0) is 6.42 Å². The number of hydrogen-bond acceptors (Lipinski definition) is 4. The van der Waals surface area contributed by atoms with Gasteiger partial charge in [-0.3, -0.25) is 9.98 Å². The fourth-order valence-electron chi connectivity index (χ4n) is 1.45. The van der Waals surface area contributed by atoms with Crippen molar-refractivity contribution in [2.75, 3.05) is 26.3 Å².